The number of carbonyl (C=O) groups is 1. The lowest BCUT2D eigenvalue weighted by Gasteiger charge is -2.29. The Morgan fingerprint density at radius 1 is 1.19 bits per heavy atom. The lowest BCUT2D eigenvalue weighted by molar-refractivity contribution is -0.121. The van der Waals surface area contributed by atoms with E-state index in [1.54, 1.807) is 4.90 Å². The zero-order valence-electron chi connectivity index (χ0n) is 20.7. The maximum Gasteiger partial charge on any atom is 0.247 e. The fourth-order valence-electron chi connectivity index (χ4n) is 4.31. The molecule has 2 heterocycles. The number of sulfonamides is 1. The summed E-state index contributed by atoms with van der Waals surface area (Å²) in [6, 6.07) is 9.49. The maximum atomic E-state index is 13.9. The summed E-state index contributed by atoms with van der Waals surface area (Å²) < 4.78 is 47.9. The lowest BCUT2D eigenvalue weighted by Crippen LogP contribution is -2.48. The first-order chi connectivity index (χ1) is 17.2. The van der Waals surface area contributed by atoms with Crippen molar-refractivity contribution < 1.29 is 22.3 Å². The molecule has 36 heavy (non-hydrogen) atoms. The topological polar surface area (TPSA) is 83.1 Å². The number of amides is 1. The number of nitrogens with zero attached hydrogens (tertiary/aromatic N) is 4. The number of halogens is 1. The summed E-state index contributed by atoms with van der Waals surface area (Å²) in [4.78, 5) is 22.2. The van der Waals surface area contributed by atoms with E-state index < -0.39 is 21.9 Å². The Morgan fingerprint density at radius 2 is 1.94 bits per heavy atom. The molecule has 11 heteroatoms. The van der Waals surface area contributed by atoms with Gasteiger partial charge in [0.15, 0.2) is 5.13 Å². The highest BCUT2D eigenvalue weighted by Crippen LogP contribution is 2.34. The highest BCUT2D eigenvalue weighted by molar-refractivity contribution is 7.89. The fourth-order valence-corrected chi connectivity index (χ4v) is 6.98. The molecule has 1 fully saturated rings. The van der Waals surface area contributed by atoms with Crippen molar-refractivity contribution >= 4 is 42.6 Å². The molecule has 194 valence electrons. The van der Waals surface area contributed by atoms with Gasteiger partial charge in [-0.3, -0.25) is 9.69 Å². The third-order valence-corrected chi connectivity index (χ3v) is 9.02. The summed E-state index contributed by atoms with van der Waals surface area (Å²) in [5.41, 5.74) is 0.756. The minimum Gasteiger partial charge on any atom is -0.494 e. The number of fused-ring (bicyclic) bond motifs is 1. The standard InChI is InChI=1S/C25H31FN4O4S2/c1-4-34-19-10-13-21-23(17-19)35-25(27-21)29(15-6-14-28(2)3)24(31)22-7-5-16-30(22)36(32,33)20-11-8-18(26)9-12-20/h8-13,17,22H,4-7,14-16H2,1-3H3. The van der Waals surface area contributed by atoms with Crippen LogP contribution in [0, 0.1) is 5.82 Å². The molecule has 1 amide bonds. The minimum atomic E-state index is -3.96. The summed E-state index contributed by atoms with van der Waals surface area (Å²) in [5.74, 6) is -0.0718. The van der Waals surface area contributed by atoms with Crippen molar-refractivity contribution in [2.24, 2.45) is 0 Å². The van der Waals surface area contributed by atoms with Crippen LogP contribution in [0.15, 0.2) is 47.4 Å². The van der Waals surface area contributed by atoms with Crippen molar-refractivity contribution in [2.75, 3.05) is 45.2 Å². The molecule has 4 rings (SSSR count). The average Bonchev–Trinajstić information content (AvgIpc) is 3.49. The van der Waals surface area contributed by atoms with Crippen LogP contribution in [-0.2, 0) is 14.8 Å². The van der Waals surface area contributed by atoms with E-state index in [0.717, 1.165) is 34.6 Å². The molecule has 1 aliphatic heterocycles. The number of anilines is 1. The smallest absolute Gasteiger partial charge is 0.247 e. The second kappa shape index (κ2) is 11.2. The van der Waals surface area contributed by atoms with E-state index in [1.807, 2.05) is 44.1 Å². The zero-order valence-corrected chi connectivity index (χ0v) is 22.3. The number of hydrogen-bond donors (Lipinski definition) is 0. The predicted octanol–water partition coefficient (Wildman–Crippen LogP) is 3.97. The van der Waals surface area contributed by atoms with Gasteiger partial charge >= 0.3 is 0 Å². The van der Waals surface area contributed by atoms with Crippen LogP contribution in [0.5, 0.6) is 5.75 Å². The van der Waals surface area contributed by atoms with E-state index in [9.17, 15) is 17.6 Å². The third kappa shape index (κ3) is 5.69. The van der Waals surface area contributed by atoms with Gasteiger partial charge in [-0.15, -0.1) is 0 Å². The molecular weight excluding hydrogens is 503 g/mol. The van der Waals surface area contributed by atoms with Crippen molar-refractivity contribution in [3.8, 4) is 5.75 Å². The Kier molecular flexibility index (Phi) is 8.23. The molecule has 0 bridgehead atoms. The first kappa shape index (κ1) is 26.5. The van der Waals surface area contributed by atoms with Crippen molar-refractivity contribution in [2.45, 2.75) is 37.1 Å². The zero-order chi connectivity index (χ0) is 25.9. The monoisotopic (exact) mass is 534 g/mol. The highest BCUT2D eigenvalue weighted by Gasteiger charge is 2.42. The van der Waals surface area contributed by atoms with E-state index in [-0.39, 0.29) is 17.3 Å². The van der Waals surface area contributed by atoms with E-state index in [4.69, 9.17) is 9.72 Å². The maximum absolute atomic E-state index is 13.9. The van der Waals surface area contributed by atoms with Gasteiger partial charge in [-0.05, 0) is 89.3 Å². The molecule has 3 aromatic rings. The van der Waals surface area contributed by atoms with Gasteiger partial charge < -0.3 is 9.64 Å². The fraction of sp³-hybridized carbons (Fsp3) is 0.440. The molecule has 1 unspecified atom stereocenters. The minimum absolute atomic E-state index is 0.0220. The van der Waals surface area contributed by atoms with Crippen molar-refractivity contribution in [1.29, 1.82) is 0 Å². The lowest BCUT2D eigenvalue weighted by atomic mass is 10.2. The van der Waals surface area contributed by atoms with Gasteiger partial charge in [0.25, 0.3) is 0 Å². The molecule has 0 N–H and O–H groups in total. The van der Waals surface area contributed by atoms with E-state index >= 15 is 0 Å². The SMILES string of the molecule is CCOc1ccc2nc(N(CCCN(C)C)C(=O)C3CCCN3S(=O)(=O)c3ccc(F)cc3)sc2c1. The first-order valence-corrected chi connectivity index (χ1v) is 14.2. The van der Waals surface area contributed by atoms with Gasteiger partial charge in [0.05, 0.1) is 21.7 Å². The summed E-state index contributed by atoms with van der Waals surface area (Å²) in [7, 11) is -0.0278. The molecule has 8 nitrogen and oxygen atoms in total. The average molecular weight is 535 g/mol. The number of ether oxygens (including phenoxy) is 1. The van der Waals surface area contributed by atoms with Gasteiger partial charge in [-0.1, -0.05) is 11.3 Å². The Morgan fingerprint density at radius 3 is 2.64 bits per heavy atom. The normalized spacial score (nSPS) is 16.6. The summed E-state index contributed by atoms with van der Waals surface area (Å²) in [5, 5.41) is 0.536. The van der Waals surface area contributed by atoms with Gasteiger partial charge in [-0.25, -0.2) is 17.8 Å². The third-order valence-electron chi connectivity index (χ3n) is 6.05. The van der Waals surface area contributed by atoms with Gasteiger partial charge in [-0.2, -0.15) is 4.31 Å². The Balaban J connectivity index is 1.65. The molecule has 1 atom stereocenters. The molecule has 0 saturated carbocycles. The second-order valence-corrected chi connectivity index (χ2v) is 11.8. The van der Waals surface area contributed by atoms with Crippen LogP contribution in [0.25, 0.3) is 10.2 Å². The molecular formula is C25H31FN4O4S2. The Labute approximate surface area is 215 Å². The number of aromatic nitrogens is 1. The number of rotatable bonds is 10. The molecule has 2 aromatic carbocycles. The van der Waals surface area contributed by atoms with Crippen LogP contribution in [0.4, 0.5) is 9.52 Å². The van der Waals surface area contributed by atoms with E-state index in [0.29, 0.717) is 37.5 Å². The molecule has 0 radical (unpaired) electrons. The van der Waals surface area contributed by atoms with Gasteiger partial charge in [0, 0.05) is 13.1 Å². The molecule has 1 aliphatic rings. The summed E-state index contributed by atoms with van der Waals surface area (Å²) in [6.45, 7) is 3.88. The van der Waals surface area contributed by atoms with Gasteiger partial charge in [0.2, 0.25) is 15.9 Å². The van der Waals surface area contributed by atoms with Crippen molar-refractivity contribution in [1.82, 2.24) is 14.2 Å². The van der Waals surface area contributed by atoms with Gasteiger partial charge in [0.1, 0.15) is 17.6 Å². The number of thiazole rings is 1. The number of benzene rings is 2. The van der Waals surface area contributed by atoms with Crippen LogP contribution >= 0.6 is 11.3 Å². The summed E-state index contributed by atoms with van der Waals surface area (Å²) in [6.07, 6.45) is 1.69. The van der Waals surface area contributed by atoms with Crippen molar-refractivity contribution in [3.05, 3.63) is 48.3 Å². The molecule has 0 aliphatic carbocycles. The van der Waals surface area contributed by atoms with E-state index in [2.05, 4.69) is 0 Å². The quantitative estimate of drug-likeness (QED) is 0.392. The van der Waals surface area contributed by atoms with E-state index in [1.165, 1.54) is 27.8 Å². The Hall–Kier alpha value is -2.60. The first-order valence-electron chi connectivity index (χ1n) is 12.0. The number of hydrogen-bond acceptors (Lipinski definition) is 7. The van der Waals surface area contributed by atoms with Crippen LogP contribution in [0.3, 0.4) is 0 Å². The number of carbonyl (C=O) groups excluding carboxylic acids is 1. The van der Waals surface area contributed by atoms with Crippen LogP contribution < -0.4 is 9.64 Å². The van der Waals surface area contributed by atoms with Crippen LogP contribution in [-0.4, -0.2) is 74.9 Å². The highest BCUT2D eigenvalue weighted by atomic mass is 32.2. The van der Waals surface area contributed by atoms with Crippen LogP contribution in [0.2, 0.25) is 0 Å². The second-order valence-electron chi connectivity index (χ2n) is 8.93. The molecule has 0 spiro atoms. The predicted molar refractivity (Wildman–Crippen MR) is 140 cm³/mol. The molecule has 1 saturated heterocycles. The Bertz CT molecular complexity index is 1310. The van der Waals surface area contributed by atoms with Crippen LogP contribution in [0.1, 0.15) is 26.2 Å². The largest absolute Gasteiger partial charge is 0.494 e. The van der Waals surface area contributed by atoms with Crippen molar-refractivity contribution in [3.63, 3.8) is 0 Å². The summed E-state index contributed by atoms with van der Waals surface area (Å²) >= 11 is 1.39. The molecule has 1 aromatic heterocycles.